The summed E-state index contributed by atoms with van der Waals surface area (Å²) in [6, 6.07) is 0. The van der Waals surface area contributed by atoms with E-state index in [9.17, 15) is 0 Å². The normalized spacial score (nSPS) is 9.26. The van der Waals surface area contributed by atoms with E-state index in [-0.39, 0.29) is 122 Å². The predicted molar refractivity (Wildman–Crippen MR) is 158 cm³/mol. The average molecular weight is 579 g/mol. The first-order valence-corrected chi connectivity index (χ1v) is 12.4. The molecule has 0 aliphatic carbocycles. The Balaban J connectivity index is -0.0000000210. The molecule has 0 aromatic carbocycles. The second-order valence-electron chi connectivity index (χ2n) is 9.25. The molecule has 10 heteroatoms. The van der Waals surface area contributed by atoms with Gasteiger partial charge in [-0.15, -0.1) is 0 Å². The molecule has 0 unspecified atom stereocenters. The smallest absolute Gasteiger partial charge is 1.00 e. The number of aliphatic hydroxyl groups excluding tert-OH is 3. The molecular weight excluding hydrogens is 515 g/mol. The summed E-state index contributed by atoms with van der Waals surface area (Å²) >= 11 is 0. The van der Waals surface area contributed by atoms with Crippen molar-refractivity contribution in [3.05, 3.63) is 0 Å². The maximum Gasteiger partial charge on any atom is 2.00 e. The van der Waals surface area contributed by atoms with E-state index in [1.807, 2.05) is 0 Å². The van der Waals surface area contributed by atoms with Gasteiger partial charge in [0.05, 0.1) is 0 Å². The van der Waals surface area contributed by atoms with Crippen LogP contribution >= 0.6 is 0 Å². The van der Waals surface area contributed by atoms with Gasteiger partial charge in [-0.05, 0) is 37.0 Å². The quantitative estimate of drug-likeness (QED) is 0.129. The maximum absolute atomic E-state index is 8.43. The fraction of sp³-hybridized carbons (Fsp3) is 1.00. The molecule has 0 spiro atoms. The van der Waals surface area contributed by atoms with Gasteiger partial charge in [0.25, 0.3) is 0 Å². The van der Waals surface area contributed by atoms with Gasteiger partial charge in [0.15, 0.2) is 0 Å². The zero-order valence-electron chi connectivity index (χ0n) is 29.7. The summed E-state index contributed by atoms with van der Waals surface area (Å²) in [5.41, 5.74) is 0. The van der Waals surface area contributed by atoms with Crippen molar-refractivity contribution < 1.29 is 39.0 Å². The molecule has 0 fully saturated rings. The molecule has 0 atom stereocenters. The van der Waals surface area contributed by atoms with Crippen LogP contribution in [0.2, 0.25) is 0 Å². The number of unbranched alkanes of at least 4 members (excludes halogenated alkanes) is 6. The van der Waals surface area contributed by atoms with E-state index in [4.69, 9.17) is 30.4 Å². The molecule has 0 amide bonds. The topological polar surface area (TPSA) is 121 Å². The zero-order chi connectivity index (χ0) is 24.9. The Kier molecular flexibility index (Phi) is 78.4. The van der Waals surface area contributed by atoms with Crippen molar-refractivity contribution in [3.8, 4) is 0 Å². The summed E-state index contributed by atoms with van der Waals surface area (Å²) in [5, 5.41) is 46.8. The molecule has 0 saturated heterocycles. The Morgan fingerprint density at radius 3 is 0.735 bits per heavy atom. The van der Waals surface area contributed by atoms with Crippen LogP contribution < -0.4 is 0 Å². The minimum atomic E-state index is -2.17. The fourth-order valence-corrected chi connectivity index (χ4v) is 2.52. The van der Waals surface area contributed by atoms with Gasteiger partial charge < -0.3 is 39.0 Å². The summed E-state index contributed by atoms with van der Waals surface area (Å²) < 4.78 is 0. The molecule has 6 nitrogen and oxygen atoms in total. The summed E-state index contributed by atoms with van der Waals surface area (Å²) in [4.78, 5) is 0. The van der Waals surface area contributed by atoms with Crippen molar-refractivity contribution in [2.24, 2.45) is 17.8 Å². The predicted octanol–water partition coefficient (Wildman–Crippen LogP) is 4.07. The Hall–Kier alpha value is 3.60. The van der Waals surface area contributed by atoms with Gasteiger partial charge in [-0.3, -0.25) is 0 Å². The number of aliphatic hydroxyl groups is 3. The van der Waals surface area contributed by atoms with Crippen molar-refractivity contribution >= 4 is 121 Å². The molecule has 0 bridgehead atoms. The van der Waals surface area contributed by atoms with Gasteiger partial charge in [0.1, 0.15) is 0 Å². The Morgan fingerprint density at radius 1 is 0.441 bits per heavy atom. The van der Waals surface area contributed by atoms with E-state index in [2.05, 4.69) is 41.5 Å². The third-order valence-electron chi connectivity index (χ3n) is 4.32. The van der Waals surface area contributed by atoms with Crippen LogP contribution in [0.5, 0.6) is 0 Å². The Labute approximate surface area is 311 Å². The van der Waals surface area contributed by atoms with E-state index in [0.717, 1.165) is 37.0 Å². The van der Waals surface area contributed by atoms with Gasteiger partial charge in [-0.2, -0.15) is 0 Å². The maximum atomic E-state index is 8.43. The van der Waals surface area contributed by atoms with Crippen molar-refractivity contribution in [1.82, 2.24) is 0 Å². The van der Waals surface area contributed by atoms with E-state index < -0.39 is 7.32 Å². The largest absolute Gasteiger partial charge is 2.00 e. The molecular formula is C24H63BCa3O6. The zero-order valence-corrected chi connectivity index (χ0v) is 30.3. The van der Waals surface area contributed by atoms with E-state index >= 15 is 0 Å². The van der Waals surface area contributed by atoms with Crippen molar-refractivity contribution in [2.45, 2.75) is 119 Å². The summed E-state index contributed by atoms with van der Waals surface area (Å²) in [6.07, 6.45) is 14.2. The van der Waals surface area contributed by atoms with Gasteiger partial charge in [0.2, 0.25) is 0 Å². The molecule has 0 saturated carbocycles. The Morgan fingerprint density at radius 2 is 0.618 bits per heavy atom. The monoisotopic (exact) mass is 578 g/mol. The van der Waals surface area contributed by atoms with Gasteiger partial charge in [0, 0.05) is 19.8 Å². The van der Waals surface area contributed by atoms with Crippen molar-refractivity contribution in [3.63, 3.8) is 0 Å². The van der Waals surface area contributed by atoms with Crippen LogP contribution in [0.25, 0.3) is 0 Å². The van der Waals surface area contributed by atoms with E-state index in [1.165, 1.54) is 57.8 Å². The van der Waals surface area contributed by atoms with Crippen LogP contribution in [0.15, 0.2) is 0 Å². The van der Waals surface area contributed by atoms with E-state index in [1.54, 1.807) is 0 Å². The first-order valence-electron chi connectivity index (χ1n) is 12.4. The fourth-order valence-electron chi connectivity index (χ4n) is 2.52. The first-order chi connectivity index (χ1) is 14.5. The van der Waals surface area contributed by atoms with Crippen LogP contribution in [-0.2, 0) is 0 Å². The van der Waals surface area contributed by atoms with Crippen LogP contribution in [0.1, 0.15) is 127 Å². The molecule has 0 radical (unpaired) electrons. The van der Waals surface area contributed by atoms with Crippen LogP contribution in [0.4, 0.5) is 0 Å². The summed E-state index contributed by atoms with van der Waals surface area (Å²) in [5.74, 6) is 2.47. The SMILES string of the molecule is CC(C)CCCCCO.CC(C)CCCCCO.CC(C)CCCCCO.OB(O)O.[Ca+2].[Ca+2].[Ca+2].[H-].[H-].[H-].[H-].[H-].[H-]. The molecule has 0 aliphatic heterocycles. The second-order valence-corrected chi connectivity index (χ2v) is 9.25. The molecule has 204 valence electrons. The minimum Gasteiger partial charge on any atom is -1.00 e. The Bertz CT molecular complexity index is 275. The molecule has 0 rings (SSSR count). The molecule has 0 aromatic heterocycles. The van der Waals surface area contributed by atoms with E-state index in [0.29, 0.717) is 19.8 Å². The third kappa shape index (κ3) is 91.3. The number of hydrogen-bond donors (Lipinski definition) is 6. The van der Waals surface area contributed by atoms with Crippen LogP contribution in [-0.4, -0.2) is 171 Å². The summed E-state index contributed by atoms with van der Waals surface area (Å²) in [7, 11) is -2.17. The van der Waals surface area contributed by atoms with Crippen molar-refractivity contribution in [1.29, 1.82) is 0 Å². The second kappa shape index (κ2) is 49.5. The molecule has 6 N–H and O–H groups in total. The first kappa shape index (κ1) is 53.8. The molecule has 0 aromatic rings. The van der Waals surface area contributed by atoms with Crippen LogP contribution in [0, 0.1) is 17.8 Å². The summed E-state index contributed by atoms with van der Waals surface area (Å²) in [6.45, 7) is 14.5. The van der Waals surface area contributed by atoms with Crippen LogP contribution in [0.3, 0.4) is 0 Å². The molecule has 34 heavy (non-hydrogen) atoms. The van der Waals surface area contributed by atoms with Gasteiger partial charge in [-0.1, -0.05) is 99.3 Å². The minimum absolute atomic E-state index is 0. The standard InChI is InChI=1S/3C8H18O.BH3O3.3Ca.6H/c3*1-8(2)6-4-3-5-7-9;2-1(3)4;;;;;;;;;/h3*8-9H,3-7H2,1-2H3;2-4H;;;;;;;;;/q;;;;3*+2;6*-1. The molecule has 0 aliphatic rings. The third-order valence-corrected chi connectivity index (χ3v) is 4.32. The van der Waals surface area contributed by atoms with Crippen molar-refractivity contribution in [2.75, 3.05) is 19.8 Å². The number of hydrogen-bond acceptors (Lipinski definition) is 6. The molecule has 0 heterocycles. The van der Waals surface area contributed by atoms with Gasteiger partial charge in [-0.25, -0.2) is 0 Å². The van der Waals surface area contributed by atoms with Gasteiger partial charge >= 0.3 is 121 Å². The number of rotatable bonds is 15. The average Bonchev–Trinajstić information content (AvgIpc) is 2.66.